The van der Waals surface area contributed by atoms with Gasteiger partial charge in [-0.2, -0.15) is 0 Å². The highest BCUT2D eigenvalue weighted by atomic mass is 16.5. The van der Waals surface area contributed by atoms with Gasteiger partial charge in [0.05, 0.1) is 6.10 Å². The molecular formula is C10H19NO2. The lowest BCUT2D eigenvalue weighted by Gasteiger charge is -2.40. The molecule has 0 bridgehead atoms. The molecule has 3 heteroatoms. The molecule has 76 valence electrons. The number of ether oxygens (including phenoxy) is 1. The molecule has 3 nitrogen and oxygen atoms in total. The normalized spacial score (nSPS) is 29.5. The van der Waals surface area contributed by atoms with Gasteiger partial charge in [0.1, 0.15) is 6.73 Å². The van der Waals surface area contributed by atoms with E-state index in [2.05, 4.69) is 20.8 Å². The van der Waals surface area contributed by atoms with Gasteiger partial charge in [0.2, 0.25) is 5.91 Å². The van der Waals surface area contributed by atoms with E-state index in [9.17, 15) is 4.79 Å². The van der Waals surface area contributed by atoms with Gasteiger partial charge in [0.15, 0.2) is 0 Å². The highest BCUT2D eigenvalue weighted by Gasteiger charge is 2.30. The number of amides is 1. The third kappa shape index (κ3) is 2.44. The molecule has 0 aromatic carbocycles. The van der Waals surface area contributed by atoms with E-state index in [1.807, 2.05) is 4.90 Å². The zero-order valence-corrected chi connectivity index (χ0v) is 8.91. The molecule has 1 aliphatic heterocycles. The molecule has 0 spiro atoms. The highest BCUT2D eigenvalue weighted by molar-refractivity contribution is 5.73. The fraction of sp³-hybridized carbons (Fsp3) is 0.900. The molecule has 0 radical (unpaired) electrons. The molecule has 1 rings (SSSR count). The first-order chi connectivity index (χ1) is 6.02. The fourth-order valence-corrected chi connectivity index (χ4v) is 1.80. The molecule has 2 atom stereocenters. The summed E-state index contributed by atoms with van der Waals surface area (Å²) in [5.74, 6) is 0.626. The van der Waals surface area contributed by atoms with Crippen molar-refractivity contribution in [2.75, 3.05) is 6.73 Å². The average molecular weight is 185 g/mol. The summed E-state index contributed by atoms with van der Waals surface area (Å²) in [4.78, 5) is 13.1. The summed E-state index contributed by atoms with van der Waals surface area (Å²) in [6, 6.07) is 0.348. The lowest BCUT2D eigenvalue weighted by Crippen LogP contribution is -2.49. The fourth-order valence-electron chi connectivity index (χ4n) is 1.80. The van der Waals surface area contributed by atoms with Crippen LogP contribution in [0.5, 0.6) is 0 Å². The summed E-state index contributed by atoms with van der Waals surface area (Å²) in [5.41, 5.74) is 0. The first-order valence-electron chi connectivity index (χ1n) is 4.91. The van der Waals surface area contributed by atoms with Gasteiger partial charge >= 0.3 is 0 Å². The van der Waals surface area contributed by atoms with E-state index in [-0.39, 0.29) is 12.0 Å². The topological polar surface area (TPSA) is 29.5 Å². The van der Waals surface area contributed by atoms with E-state index < -0.39 is 0 Å². The van der Waals surface area contributed by atoms with Crippen molar-refractivity contribution in [1.82, 2.24) is 4.90 Å². The van der Waals surface area contributed by atoms with Crippen LogP contribution in [-0.4, -0.2) is 29.7 Å². The number of hydrogen-bond donors (Lipinski definition) is 0. The second-order valence-corrected chi connectivity index (χ2v) is 4.14. The van der Waals surface area contributed by atoms with E-state index in [1.54, 1.807) is 6.92 Å². The Labute approximate surface area is 80.1 Å². The van der Waals surface area contributed by atoms with Crippen LogP contribution in [0.1, 0.15) is 34.1 Å². The number of nitrogens with zero attached hydrogens (tertiary/aromatic N) is 1. The average Bonchev–Trinajstić information content (AvgIpc) is 2.03. The monoisotopic (exact) mass is 185 g/mol. The van der Waals surface area contributed by atoms with E-state index in [0.717, 1.165) is 6.42 Å². The largest absolute Gasteiger partial charge is 0.358 e. The summed E-state index contributed by atoms with van der Waals surface area (Å²) in [7, 11) is 0. The molecule has 2 unspecified atom stereocenters. The molecule has 0 N–H and O–H groups in total. The van der Waals surface area contributed by atoms with Gasteiger partial charge < -0.3 is 9.64 Å². The quantitative estimate of drug-likeness (QED) is 0.621. The van der Waals surface area contributed by atoms with Crippen LogP contribution in [0.3, 0.4) is 0 Å². The van der Waals surface area contributed by atoms with Crippen LogP contribution in [0.25, 0.3) is 0 Å². The van der Waals surface area contributed by atoms with Gasteiger partial charge in [0.25, 0.3) is 0 Å². The van der Waals surface area contributed by atoms with Crippen LogP contribution in [0.15, 0.2) is 0 Å². The lowest BCUT2D eigenvalue weighted by molar-refractivity contribution is -0.153. The predicted molar refractivity (Wildman–Crippen MR) is 51.2 cm³/mol. The van der Waals surface area contributed by atoms with Gasteiger partial charge in [-0.25, -0.2) is 0 Å². The third-order valence-corrected chi connectivity index (χ3v) is 2.65. The Morgan fingerprint density at radius 2 is 2.15 bits per heavy atom. The minimum atomic E-state index is 0.116. The van der Waals surface area contributed by atoms with Crippen LogP contribution in [0, 0.1) is 5.92 Å². The minimum absolute atomic E-state index is 0.116. The van der Waals surface area contributed by atoms with Crippen molar-refractivity contribution >= 4 is 5.91 Å². The van der Waals surface area contributed by atoms with Gasteiger partial charge in [0, 0.05) is 13.0 Å². The summed E-state index contributed by atoms with van der Waals surface area (Å²) >= 11 is 0. The molecular weight excluding hydrogens is 166 g/mol. The number of carbonyl (C=O) groups is 1. The van der Waals surface area contributed by atoms with Gasteiger partial charge in [-0.1, -0.05) is 13.8 Å². The van der Waals surface area contributed by atoms with E-state index in [4.69, 9.17) is 4.74 Å². The van der Waals surface area contributed by atoms with Crippen molar-refractivity contribution in [3.63, 3.8) is 0 Å². The van der Waals surface area contributed by atoms with E-state index in [0.29, 0.717) is 18.7 Å². The second kappa shape index (κ2) is 4.09. The molecule has 0 aliphatic carbocycles. The van der Waals surface area contributed by atoms with Crippen molar-refractivity contribution in [2.45, 2.75) is 46.3 Å². The van der Waals surface area contributed by atoms with Gasteiger partial charge in [-0.15, -0.1) is 0 Å². The van der Waals surface area contributed by atoms with Crippen LogP contribution in [0.2, 0.25) is 0 Å². The smallest absolute Gasteiger partial charge is 0.221 e. The number of hydrogen-bond acceptors (Lipinski definition) is 2. The minimum Gasteiger partial charge on any atom is -0.358 e. The summed E-state index contributed by atoms with van der Waals surface area (Å²) in [5, 5.41) is 0. The Bertz CT molecular complexity index is 191. The number of rotatable bonds is 1. The molecule has 1 fully saturated rings. The van der Waals surface area contributed by atoms with Crippen LogP contribution in [-0.2, 0) is 9.53 Å². The van der Waals surface area contributed by atoms with Gasteiger partial charge in [-0.3, -0.25) is 4.79 Å². The molecule has 1 saturated heterocycles. The van der Waals surface area contributed by atoms with Crippen molar-refractivity contribution < 1.29 is 9.53 Å². The predicted octanol–water partition coefficient (Wildman–Crippen LogP) is 1.63. The summed E-state index contributed by atoms with van der Waals surface area (Å²) in [6.07, 6.45) is 1.24. The Hall–Kier alpha value is -0.570. The third-order valence-electron chi connectivity index (χ3n) is 2.65. The van der Waals surface area contributed by atoms with E-state index >= 15 is 0 Å². The first-order valence-corrected chi connectivity index (χ1v) is 4.91. The molecule has 1 heterocycles. The molecule has 0 aromatic heterocycles. The number of carbonyl (C=O) groups excluding carboxylic acids is 1. The van der Waals surface area contributed by atoms with Gasteiger partial charge in [-0.05, 0) is 19.3 Å². The van der Waals surface area contributed by atoms with Crippen LogP contribution < -0.4 is 0 Å². The molecule has 13 heavy (non-hydrogen) atoms. The Morgan fingerprint density at radius 1 is 1.54 bits per heavy atom. The molecule has 1 aliphatic rings. The zero-order chi connectivity index (χ0) is 10.0. The van der Waals surface area contributed by atoms with Crippen molar-refractivity contribution in [2.24, 2.45) is 5.92 Å². The Balaban J connectivity index is 2.66. The summed E-state index contributed by atoms with van der Waals surface area (Å²) < 4.78 is 5.44. The SMILES string of the molecule is CC(=O)N1COC(C)CC1C(C)C. The molecule has 0 aromatic rings. The Morgan fingerprint density at radius 3 is 2.62 bits per heavy atom. The molecule has 0 saturated carbocycles. The maximum absolute atomic E-state index is 11.3. The standard InChI is InChI=1S/C10H19NO2/c1-7(2)10-5-8(3)13-6-11(10)9(4)12/h7-8,10H,5-6H2,1-4H3. The van der Waals surface area contributed by atoms with Crippen LogP contribution >= 0.6 is 0 Å². The zero-order valence-electron chi connectivity index (χ0n) is 8.91. The first kappa shape index (κ1) is 10.5. The second-order valence-electron chi connectivity index (χ2n) is 4.14. The summed E-state index contributed by atoms with van der Waals surface area (Å²) in [6.45, 7) is 8.43. The van der Waals surface area contributed by atoms with Crippen molar-refractivity contribution in [1.29, 1.82) is 0 Å². The van der Waals surface area contributed by atoms with Crippen LogP contribution in [0.4, 0.5) is 0 Å². The van der Waals surface area contributed by atoms with Crippen molar-refractivity contribution in [3.05, 3.63) is 0 Å². The van der Waals surface area contributed by atoms with E-state index in [1.165, 1.54) is 0 Å². The maximum atomic E-state index is 11.3. The lowest BCUT2D eigenvalue weighted by atomic mass is 9.96. The maximum Gasteiger partial charge on any atom is 0.221 e. The molecule has 1 amide bonds. The Kier molecular flexibility index (Phi) is 3.31. The van der Waals surface area contributed by atoms with Crippen molar-refractivity contribution in [3.8, 4) is 0 Å². The highest BCUT2D eigenvalue weighted by Crippen LogP contribution is 2.22.